The molecule has 0 bridgehead atoms. The predicted octanol–water partition coefficient (Wildman–Crippen LogP) is 7.57. The Morgan fingerprint density at radius 2 is 1.55 bits per heavy atom. The molecule has 2 aromatic heterocycles. The first-order chi connectivity index (χ1) is 14.2. The van der Waals surface area contributed by atoms with Crippen molar-refractivity contribution in [2.24, 2.45) is 0 Å². The van der Waals surface area contributed by atoms with Gasteiger partial charge in [0.1, 0.15) is 11.2 Å². The van der Waals surface area contributed by atoms with Crippen LogP contribution >= 0.6 is 0 Å². The van der Waals surface area contributed by atoms with Gasteiger partial charge in [0.25, 0.3) is 0 Å². The molecule has 6 aromatic rings. The van der Waals surface area contributed by atoms with Crippen molar-refractivity contribution < 1.29 is 4.42 Å². The predicted molar refractivity (Wildman–Crippen MR) is 121 cm³/mol. The van der Waals surface area contributed by atoms with E-state index in [9.17, 15) is 0 Å². The molecular formula is C27H19NO. The Balaban J connectivity index is 1.60. The summed E-state index contributed by atoms with van der Waals surface area (Å²) in [6.07, 6.45) is 0. The van der Waals surface area contributed by atoms with Gasteiger partial charge in [0.05, 0.1) is 11.2 Å². The molecule has 29 heavy (non-hydrogen) atoms. The van der Waals surface area contributed by atoms with Crippen LogP contribution in [-0.2, 0) is 0 Å². The van der Waals surface area contributed by atoms with Crippen LogP contribution < -0.4 is 0 Å². The molecule has 0 spiro atoms. The first-order valence-electron chi connectivity index (χ1n) is 9.90. The smallest absolute Gasteiger partial charge is 0.143 e. The Morgan fingerprint density at radius 3 is 2.48 bits per heavy atom. The molecule has 0 unspecified atom stereocenters. The van der Waals surface area contributed by atoms with Crippen LogP contribution in [0.3, 0.4) is 0 Å². The largest absolute Gasteiger partial charge is 0.455 e. The van der Waals surface area contributed by atoms with Gasteiger partial charge in [0.15, 0.2) is 0 Å². The lowest BCUT2D eigenvalue weighted by Crippen LogP contribution is -1.90. The lowest BCUT2D eigenvalue weighted by molar-refractivity contribution is 0.673. The topological polar surface area (TPSA) is 26.0 Å². The van der Waals surface area contributed by atoms with E-state index in [2.05, 4.69) is 92.7 Å². The van der Waals surface area contributed by atoms with E-state index in [1.165, 1.54) is 21.9 Å². The summed E-state index contributed by atoms with van der Waals surface area (Å²) in [5.41, 5.74) is 7.46. The zero-order valence-electron chi connectivity index (χ0n) is 16.4. The Bertz CT molecular complexity index is 1570. The zero-order chi connectivity index (χ0) is 19.5. The van der Waals surface area contributed by atoms with E-state index >= 15 is 0 Å². The van der Waals surface area contributed by atoms with E-state index in [1.54, 1.807) is 0 Å². The molecule has 0 aliphatic rings. The Morgan fingerprint density at radius 1 is 0.690 bits per heavy atom. The fourth-order valence-electron chi connectivity index (χ4n) is 4.51. The van der Waals surface area contributed by atoms with Crippen LogP contribution in [0.5, 0.6) is 0 Å². The second-order valence-electron chi connectivity index (χ2n) is 7.77. The van der Waals surface area contributed by atoms with Gasteiger partial charge in [-0.3, -0.25) is 0 Å². The lowest BCUT2D eigenvalue weighted by atomic mass is 10.0. The van der Waals surface area contributed by atoms with Crippen molar-refractivity contribution in [3.05, 3.63) is 90.0 Å². The van der Waals surface area contributed by atoms with Gasteiger partial charge >= 0.3 is 0 Å². The molecule has 0 saturated heterocycles. The maximum Gasteiger partial charge on any atom is 0.143 e. The molecule has 0 aliphatic carbocycles. The molecule has 6 rings (SSSR count). The van der Waals surface area contributed by atoms with Crippen LogP contribution in [0.1, 0.15) is 11.1 Å². The number of rotatable bonds is 1. The van der Waals surface area contributed by atoms with Gasteiger partial charge in [-0.05, 0) is 60.7 Å². The Hall–Kier alpha value is -3.65. The minimum Gasteiger partial charge on any atom is -0.455 e. The van der Waals surface area contributed by atoms with E-state index < -0.39 is 0 Å². The van der Waals surface area contributed by atoms with Gasteiger partial charge in [-0.2, -0.15) is 0 Å². The van der Waals surface area contributed by atoms with E-state index in [4.69, 9.17) is 9.40 Å². The number of furan rings is 1. The average molecular weight is 373 g/mol. The molecule has 2 heteroatoms. The van der Waals surface area contributed by atoms with Crippen LogP contribution in [0.4, 0.5) is 0 Å². The summed E-state index contributed by atoms with van der Waals surface area (Å²) >= 11 is 0. The molecule has 138 valence electrons. The Labute approximate surface area is 168 Å². The van der Waals surface area contributed by atoms with Crippen molar-refractivity contribution >= 4 is 43.6 Å². The highest BCUT2D eigenvalue weighted by atomic mass is 16.3. The fourth-order valence-corrected chi connectivity index (χ4v) is 4.51. The molecule has 0 saturated carbocycles. The number of hydrogen-bond donors (Lipinski definition) is 0. The molecule has 0 amide bonds. The van der Waals surface area contributed by atoms with Gasteiger partial charge in [-0.1, -0.05) is 48.5 Å². The number of benzene rings is 4. The summed E-state index contributed by atoms with van der Waals surface area (Å²) < 4.78 is 6.34. The van der Waals surface area contributed by atoms with Crippen molar-refractivity contribution in [2.45, 2.75) is 13.8 Å². The molecule has 2 heterocycles. The summed E-state index contributed by atoms with van der Waals surface area (Å²) in [6.45, 7) is 4.30. The van der Waals surface area contributed by atoms with E-state index in [-0.39, 0.29) is 0 Å². The van der Waals surface area contributed by atoms with Gasteiger partial charge < -0.3 is 4.42 Å². The molecular weight excluding hydrogens is 354 g/mol. The van der Waals surface area contributed by atoms with Gasteiger partial charge in [0.2, 0.25) is 0 Å². The normalized spacial score (nSPS) is 11.8. The highest BCUT2D eigenvalue weighted by Crippen LogP contribution is 2.36. The number of nitrogens with zero attached hydrogens (tertiary/aromatic N) is 1. The fraction of sp³-hybridized carbons (Fsp3) is 0.0741. The molecule has 0 atom stereocenters. The summed E-state index contributed by atoms with van der Waals surface area (Å²) in [5.74, 6) is 0. The number of hydrogen-bond acceptors (Lipinski definition) is 2. The molecule has 0 aliphatic heterocycles. The second-order valence-corrected chi connectivity index (χ2v) is 7.77. The van der Waals surface area contributed by atoms with Crippen molar-refractivity contribution in [2.75, 3.05) is 0 Å². The third-order valence-corrected chi connectivity index (χ3v) is 5.90. The van der Waals surface area contributed by atoms with E-state index in [1.807, 2.05) is 0 Å². The van der Waals surface area contributed by atoms with Crippen molar-refractivity contribution in [1.29, 1.82) is 0 Å². The number of fused-ring (bicyclic) bond motifs is 6. The number of aromatic nitrogens is 1. The highest BCUT2D eigenvalue weighted by molar-refractivity contribution is 6.15. The molecule has 0 radical (unpaired) electrons. The molecule has 2 nitrogen and oxygen atoms in total. The first-order valence-corrected chi connectivity index (χ1v) is 9.90. The monoisotopic (exact) mass is 373 g/mol. The maximum absolute atomic E-state index is 6.34. The molecule has 0 fully saturated rings. The summed E-state index contributed by atoms with van der Waals surface area (Å²) in [6, 6.07) is 27.6. The minimum atomic E-state index is 0.901. The van der Waals surface area contributed by atoms with Crippen LogP contribution in [0, 0.1) is 13.8 Å². The zero-order valence-corrected chi connectivity index (χ0v) is 16.4. The van der Waals surface area contributed by atoms with Gasteiger partial charge in [-0.15, -0.1) is 0 Å². The summed E-state index contributed by atoms with van der Waals surface area (Å²) in [7, 11) is 0. The SMILES string of the molecule is Cc1cccc2nc(-c3ccc4c(c3)oc3c5ccccc5ccc43)cc(C)c12. The van der Waals surface area contributed by atoms with Crippen molar-refractivity contribution in [3.63, 3.8) is 0 Å². The van der Waals surface area contributed by atoms with E-state index in [0.29, 0.717) is 0 Å². The maximum atomic E-state index is 6.34. The van der Waals surface area contributed by atoms with E-state index in [0.717, 1.165) is 44.1 Å². The van der Waals surface area contributed by atoms with Crippen LogP contribution in [-0.4, -0.2) is 4.98 Å². The average Bonchev–Trinajstić information content (AvgIpc) is 3.12. The molecule has 0 N–H and O–H groups in total. The van der Waals surface area contributed by atoms with Crippen LogP contribution in [0.15, 0.2) is 83.3 Å². The van der Waals surface area contributed by atoms with Crippen LogP contribution in [0.2, 0.25) is 0 Å². The van der Waals surface area contributed by atoms with Crippen molar-refractivity contribution in [3.8, 4) is 11.3 Å². The standard InChI is InChI=1S/C27H19NO/c1-16-6-5-9-23-26(16)17(2)14-24(28-23)19-11-12-21-22-13-10-18-7-3-4-8-20(18)27(22)29-25(21)15-19/h3-15H,1-2H3. The first kappa shape index (κ1) is 16.3. The second kappa shape index (κ2) is 5.92. The van der Waals surface area contributed by atoms with Gasteiger partial charge in [-0.25, -0.2) is 4.98 Å². The summed E-state index contributed by atoms with van der Waals surface area (Å²) in [5, 5.41) is 5.89. The molecule has 4 aromatic carbocycles. The minimum absolute atomic E-state index is 0.901. The quantitative estimate of drug-likeness (QED) is 0.297. The highest BCUT2D eigenvalue weighted by Gasteiger charge is 2.12. The van der Waals surface area contributed by atoms with Gasteiger partial charge in [0, 0.05) is 27.1 Å². The summed E-state index contributed by atoms with van der Waals surface area (Å²) in [4.78, 5) is 4.94. The van der Waals surface area contributed by atoms with Crippen LogP contribution in [0.25, 0.3) is 54.9 Å². The third-order valence-electron chi connectivity index (χ3n) is 5.90. The number of pyridine rings is 1. The van der Waals surface area contributed by atoms with Crippen molar-refractivity contribution in [1.82, 2.24) is 4.98 Å². The lowest BCUT2D eigenvalue weighted by Gasteiger charge is -2.09. The number of aryl methyl sites for hydroxylation is 2. The Kier molecular flexibility index (Phi) is 3.33. The third kappa shape index (κ3) is 2.39.